The van der Waals surface area contributed by atoms with Gasteiger partial charge in [0.25, 0.3) is 0 Å². The van der Waals surface area contributed by atoms with E-state index in [1.54, 1.807) is 6.07 Å². The highest BCUT2D eigenvalue weighted by Crippen LogP contribution is 2.42. The summed E-state index contributed by atoms with van der Waals surface area (Å²) < 4.78 is 34.1. The van der Waals surface area contributed by atoms with Gasteiger partial charge in [-0.2, -0.15) is 10.1 Å². The minimum Gasteiger partial charge on any atom is -0.395 e. The summed E-state index contributed by atoms with van der Waals surface area (Å²) in [6.07, 6.45) is -2.28. The van der Waals surface area contributed by atoms with Crippen molar-refractivity contribution in [2.75, 3.05) is 5.32 Å². The number of halogens is 2. The van der Waals surface area contributed by atoms with Gasteiger partial charge in [0.15, 0.2) is 11.5 Å². The van der Waals surface area contributed by atoms with Crippen LogP contribution in [0.4, 0.5) is 20.4 Å². The van der Waals surface area contributed by atoms with Gasteiger partial charge in [-0.3, -0.25) is 0 Å². The minimum absolute atomic E-state index is 0.00174. The first-order valence-electron chi connectivity index (χ1n) is 4.65. The molecule has 1 aromatic heterocycles. The fraction of sp³-hybridized carbons (Fsp3) is 0.111. The molecule has 0 saturated heterocycles. The number of aromatic amines is 1. The number of aromatic nitrogens is 3. The average Bonchev–Trinajstić information content (AvgIpc) is 2.83. The van der Waals surface area contributed by atoms with E-state index in [1.807, 2.05) is 0 Å². The summed E-state index contributed by atoms with van der Waals surface area (Å²) in [4.78, 5) is 3.84. The van der Waals surface area contributed by atoms with Gasteiger partial charge >= 0.3 is 6.29 Å². The van der Waals surface area contributed by atoms with Gasteiger partial charge in [0, 0.05) is 11.8 Å². The Labute approximate surface area is 93.6 Å². The Kier molecular flexibility index (Phi) is 1.91. The summed E-state index contributed by atoms with van der Waals surface area (Å²) in [7, 11) is 0. The number of nitrogens with one attached hydrogen (secondary N) is 2. The van der Waals surface area contributed by atoms with Crippen molar-refractivity contribution in [3.05, 3.63) is 24.5 Å². The number of anilines is 2. The highest BCUT2D eigenvalue weighted by molar-refractivity contribution is 5.60. The SMILES string of the molecule is FC1(F)Oc2ccc(Nc3ncn[nH]3)cc2O1. The number of hydrogen-bond acceptors (Lipinski definition) is 5. The Balaban J connectivity index is 1.86. The number of rotatable bonds is 2. The summed E-state index contributed by atoms with van der Waals surface area (Å²) in [6.45, 7) is 0. The highest BCUT2D eigenvalue weighted by atomic mass is 19.3. The molecule has 0 atom stereocenters. The maximum atomic E-state index is 12.8. The lowest BCUT2D eigenvalue weighted by Gasteiger charge is -2.04. The summed E-state index contributed by atoms with van der Waals surface area (Å²) in [5.41, 5.74) is 0.529. The summed E-state index contributed by atoms with van der Waals surface area (Å²) in [5, 5.41) is 9.05. The van der Waals surface area contributed by atoms with Crippen molar-refractivity contribution < 1.29 is 18.3 Å². The third kappa shape index (κ3) is 1.84. The number of H-pyrrole nitrogens is 1. The van der Waals surface area contributed by atoms with Gasteiger partial charge in [-0.15, -0.1) is 8.78 Å². The topological polar surface area (TPSA) is 72.1 Å². The molecule has 0 bridgehead atoms. The van der Waals surface area contributed by atoms with Crippen LogP contribution >= 0.6 is 0 Å². The molecule has 2 N–H and O–H groups in total. The Hall–Kier alpha value is -2.38. The molecule has 0 saturated carbocycles. The van der Waals surface area contributed by atoms with Crippen LogP contribution < -0.4 is 14.8 Å². The largest absolute Gasteiger partial charge is 0.586 e. The van der Waals surface area contributed by atoms with Crippen molar-refractivity contribution in [1.82, 2.24) is 15.2 Å². The molecule has 0 unspecified atom stereocenters. The molecule has 8 heteroatoms. The molecule has 2 heterocycles. The molecular weight excluding hydrogens is 234 g/mol. The van der Waals surface area contributed by atoms with Gasteiger partial charge in [0.2, 0.25) is 5.95 Å². The first-order chi connectivity index (χ1) is 8.12. The standard InChI is InChI=1S/C9H6F2N4O2/c10-9(11)16-6-2-1-5(3-7(6)17-9)14-8-12-4-13-15-8/h1-4H,(H2,12,13,14,15). The molecule has 88 valence electrons. The van der Waals surface area contributed by atoms with Gasteiger partial charge in [-0.1, -0.05) is 0 Å². The molecule has 6 nitrogen and oxygen atoms in total. The molecule has 3 rings (SSSR count). The van der Waals surface area contributed by atoms with E-state index in [0.29, 0.717) is 11.6 Å². The van der Waals surface area contributed by atoms with E-state index in [-0.39, 0.29) is 11.5 Å². The van der Waals surface area contributed by atoms with E-state index in [1.165, 1.54) is 18.5 Å². The van der Waals surface area contributed by atoms with E-state index in [0.717, 1.165) is 0 Å². The fourth-order valence-electron chi connectivity index (χ4n) is 1.43. The lowest BCUT2D eigenvalue weighted by molar-refractivity contribution is -0.286. The number of alkyl halides is 2. The molecule has 0 aliphatic carbocycles. The molecule has 0 radical (unpaired) electrons. The minimum atomic E-state index is -3.60. The highest BCUT2D eigenvalue weighted by Gasteiger charge is 2.43. The summed E-state index contributed by atoms with van der Waals surface area (Å²) >= 11 is 0. The van der Waals surface area contributed by atoms with Crippen molar-refractivity contribution in [2.24, 2.45) is 0 Å². The van der Waals surface area contributed by atoms with E-state index in [9.17, 15) is 8.78 Å². The second-order valence-electron chi connectivity index (χ2n) is 3.29. The van der Waals surface area contributed by atoms with Crippen LogP contribution in [0.15, 0.2) is 24.5 Å². The normalized spacial score (nSPS) is 15.9. The predicted molar refractivity (Wildman–Crippen MR) is 52.3 cm³/mol. The molecule has 1 aliphatic heterocycles. The van der Waals surface area contributed by atoms with Crippen molar-refractivity contribution in [2.45, 2.75) is 6.29 Å². The molecule has 0 spiro atoms. The number of fused-ring (bicyclic) bond motifs is 1. The van der Waals surface area contributed by atoms with Crippen LogP contribution in [-0.2, 0) is 0 Å². The predicted octanol–water partition coefficient (Wildman–Crippen LogP) is 1.87. The Bertz CT molecular complexity index is 544. The Morgan fingerprint density at radius 2 is 2.06 bits per heavy atom. The number of ether oxygens (including phenoxy) is 2. The lowest BCUT2D eigenvalue weighted by Crippen LogP contribution is -2.25. The van der Waals surface area contributed by atoms with E-state index in [2.05, 4.69) is 30.0 Å². The van der Waals surface area contributed by atoms with Gasteiger partial charge in [-0.05, 0) is 12.1 Å². The lowest BCUT2D eigenvalue weighted by atomic mass is 10.3. The first kappa shape index (κ1) is 9.82. The van der Waals surface area contributed by atoms with Crippen LogP contribution in [0.3, 0.4) is 0 Å². The van der Waals surface area contributed by atoms with Gasteiger partial charge in [0.05, 0.1) is 0 Å². The van der Waals surface area contributed by atoms with Crippen LogP contribution in [0, 0.1) is 0 Å². The molecule has 1 aromatic carbocycles. The van der Waals surface area contributed by atoms with Crippen molar-refractivity contribution in [1.29, 1.82) is 0 Å². The van der Waals surface area contributed by atoms with E-state index < -0.39 is 6.29 Å². The summed E-state index contributed by atoms with van der Waals surface area (Å²) in [5.74, 6) is 0.369. The number of nitrogens with zero attached hydrogens (tertiary/aromatic N) is 2. The van der Waals surface area contributed by atoms with E-state index in [4.69, 9.17) is 0 Å². The third-order valence-corrected chi connectivity index (χ3v) is 2.08. The second-order valence-corrected chi connectivity index (χ2v) is 3.29. The van der Waals surface area contributed by atoms with Gasteiger partial charge in [-0.25, -0.2) is 5.10 Å². The maximum Gasteiger partial charge on any atom is 0.586 e. The first-order valence-corrected chi connectivity index (χ1v) is 4.65. The molecule has 0 amide bonds. The van der Waals surface area contributed by atoms with Crippen LogP contribution in [0.2, 0.25) is 0 Å². The number of benzene rings is 1. The van der Waals surface area contributed by atoms with Crippen LogP contribution in [0.1, 0.15) is 0 Å². The molecule has 0 fully saturated rings. The average molecular weight is 240 g/mol. The second kappa shape index (κ2) is 3.30. The van der Waals surface area contributed by atoms with Crippen molar-refractivity contribution in [3.63, 3.8) is 0 Å². The fourth-order valence-corrected chi connectivity index (χ4v) is 1.43. The molecule has 2 aromatic rings. The zero-order chi connectivity index (χ0) is 11.9. The summed E-state index contributed by atoms with van der Waals surface area (Å²) in [6, 6.07) is 4.33. The monoisotopic (exact) mass is 240 g/mol. The molecule has 1 aliphatic rings. The Morgan fingerprint density at radius 1 is 1.24 bits per heavy atom. The van der Waals surface area contributed by atoms with Crippen molar-refractivity contribution >= 4 is 11.6 Å². The van der Waals surface area contributed by atoms with Crippen molar-refractivity contribution in [3.8, 4) is 11.5 Å². The smallest absolute Gasteiger partial charge is 0.395 e. The molecule has 17 heavy (non-hydrogen) atoms. The van der Waals surface area contributed by atoms with Crippen LogP contribution in [0.5, 0.6) is 11.5 Å². The third-order valence-electron chi connectivity index (χ3n) is 2.08. The van der Waals surface area contributed by atoms with Gasteiger partial charge < -0.3 is 14.8 Å². The molecular formula is C9H6F2N4O2. The van der Waals surface area contributed by atoms with Crippen LogP contribution in [0.25, 0.3) is 0 Å². The zero-order valence-electron chi connectivity index (χ0n) is 8.28. The van der Waals surface area contributed by atoms with Gasteiger partial charge in [0.1, 0.15) is 6.33 Å². The maximum absolute atomic E-state index is 12.8. The number of hydrogen-bond donors (Lipinski definition) is 2. The van der Waals surface area contributed by atoms with E-state index >= 15 is 0 Å². The Morgan fingerprint density at radius 3 is 2.82 bits per heavy atom. The quantitative estimate of drug-likeness (QED) is 0.838. The van der Waals surface area contributed by atoms with Crippen LogP contribution in [-0.4, -0.2) is 21.5 Å². The zero-order valence-corrected chi connectivity index (χ0v) is 8.28.